The SMILES string of the molecule is CCO[PH](=O)OCC.[Co]. The van der Waals surface area contributed by atoms with Gasteiger partial charge < -0.3 is 9.05 Å². The van der Waals surface area contributed by atoms with Crippen LogP contribution in [-0.4, -0.2) is 13.2 Å². The summed E-state index contributed by atoms with van der Waals surface area (Å²) in [4.78, 5) is 0. The minimum absolute atomic E-state index is 0. The van der Waals surface area contributed by atoms with Crippen molar-refractivity contribution in [2.45, 2.75) is 13.8 Å². The summed E-state index contributed by atoms with van der Waals surface area (Å²) in [5.74, 6) is 0. The Balaban J connectivity index is 0. The first-order valence-corrected chi connectivity index (χ1v) is 3.83. The predicted molar refractivity (Wildman–Crippen MR) is 32.3 cm³/mol. The monoisotopic (exact) mass is 197 g/mol. The van der Waals surface area contributed by atoms with Gasteiger partial charge in [0.2, 0.25) is 0 Å². The maximum absolute atomic E-state index is 10.4. The van der Waals surface area contributed by atoms with Gasteiger partial charge in [-0.1, -0.05) is 0 Å². The third-order valence-electron chi connectivity index (χ3n) is 0.524. The van der Waals surface area contributed by atoms with Crippen LogP contribution < -0.4 is 0 Å². The minimum Gasteiger partial charge on any atom is -0.311 e. The molecular formula is C4H11CoO3P. The van der Waals surface area contributed by atoms with E-state index in [2.05, 4.69) is 9.05 Å². The van der Waals surface area contributed by atoms with Gasteiger partial charge in [0, 0.05) is 16.8 Å². The zero-order chi connectivity index (χ0) is 6.41. The minimum atomic E-state index is -2.14. The van der Waals surface area contributed by atoms with Crippen molar-refractivity contribution in [3.8, 4) is 0 Å². The molecule has 0 heterocycles. The molecule has 0 aliphatic rings. The van der Waals surface area contributed by atoms with Crippen molar-refractivity contribution in [1.29, 1.82) is 0 Å². The molecule has 5 heteroatoms. The fourth-order valence-corrected chi connectivity index (χ4v) is 0.832. The quantitative estimate of drug-likeness (QED) is 0.639. The second kappa shape index (κ2) is 8.66. The third kappa shape index (κ3) is 8.66. The summed E-state index contributed by atoms with van der Waals surface area (Å²) >= 11 is 0. The van der Waals surface area contributed by atoms with Gasteiger partial charge in [-0.2, -0.15) is 0 Å². The summed E-state index contributed by atoms with van der Waals surface area (Å²) in [6.07, 6.45) is 0. The van der Waals surface area contributed by atoms with Crippen molar-refractivity contribution in [3.05, 3.63) is 0 Å². The molecule has 0 saturated heterocycles. The summed E-state index contributed by atoms with van der Waals surface area (Å²) in [5, 5.41) is 0. The zero-order valence-corrected chi connectivity index (χ0v) is 7.51. The van der Waals surface area contributed by atoms with Crippen LogP contribution in [0.25, 0.3) is 0 Å². The molecule has 0 aromatic rings. The van der Waals surface area contributed by atoms with Crippen LogP contribution in [0.15, 0.2) is 0 Å². The van der Waals surface area contributed by atoms with Gasteiger partial charge in [-0.25, -0.2) is 0 Å². The van der Waals surface area contributed by atoms with E-state index in [0.717, 1.165) is 0 Å². The first kappa shape index (κ1) is 12.3. The van der Waals surface area contributed by atoms with Crippen LogP contribution in [0, 0.1) is 0 Å². The van der Waals surface area contributed by atoms with Gasteiger partial charge in [0.25, 0.3) is 0 Å². The van der Waals surface area contributed by atoms with Gasteiger partial charge >= 0.3 is 8.25 Å². The van der Waals surface area contributed by atoms with Crippen LogP contribution in [0.1, 0.15) is 13.8 Å². The smallest absolute Gasteiger partial charge is 0.311 e. The first-order chi connectivity index (χ1) is 3.81. The van der Waals surface area contributed by atoms with Gasteiger partial charge in [0.15, 0.2) is 0 Å². The molecule has 0 aromatic carbocycles. The Kier molecular flexibility index (Phi) is 11.9. The van der Waals surface area contributed by atoms with Crippen LogP contribution in [0.4, 0.5) is 0 Å². The molecule has 3 nitrogen and oxygen atoms in total. The maximum Gasteiger partial charge on any atom is 0.319 e. The summed E-state index contributed by atoms with van der Waals surface area (Å²) in [5.41, 5.74) is 0. The average molecular weight is 197 g/mol. The Bertz CT molecular complexity index is 70.2. The molecular weight excluding hydrogens is 186 g/mol. The number of rotatable bonds is 4. The molecule has 0 fully saturated rings. The molecule has 0 saturated carbocycles. The Labute approximate surface area is 66.3 Å². The van der Waals surface area contributed by atoms with Crippen LogP contribution in [0.3, 0.4) is 0 Å². The van der Waals surface area contributed by atoms with Crippen LogP contribution in [0.2, 0.25) is 0 Å². The topological polar surface area (TPSA) is 35.5 Å². The van der Waals surface area contributed by atoms with Crippen molar-refractivity contribution in [2.75, 3.05) is 13.2 Å². The Morgan fingerprint density at radius 2 is 1.56 bits per heavy atom. The van der Waals surface area contributed by atoms with Crippen molar-refractivity contribution < 1.29 is 30.4 Å². The summed E-state index contributed by atoms with van der Waals surface area (Å²) in [7, 11) is -2.14. The molecule has 0 bridgehead atoms. The average Bonchev–Trinajstić information content (AvgIpc) is 1.68. The standard InChI is InChI=1S/C4H11O3P.Co/c1-3-6-8(5)7-4-2;/h8H,3-4H2,1-2H3;. The molecule has 0 atom stereocenters. The van der Waals surface area contributed by atoms with Crippen molar-refractivity contribution in [3.63, 3.8) is 0 Å². The van der Waals surface area contributed by atoms with E-state index in [1.807, 2.05) is 0 Å². The Morgan fingerprint density at radius 3 is 1.78 bits per heavy atom. The summed E-state index contributed by atoms with van der Waals surface area (Å²) in [6.45, 7) is 4.47. The zero-order valence-electron chi connectivity index (χ0n) is 5.47. The Morgan fingerprint density at radius 1 is 1.22 bits per heavy atom. The molecule has 0 unspecified atom stereocenters. The molecule has 0 aliphatic heterocycles. The van der Waals surface area contributed by atoms with E-state index in [0.29, 0.717) is 13.2 Å². The van der Waals surface area contributed by atoms with Gasteiger partial charge in [0.1, 0.15) is 0 Å². The van der Waals surface area contributed by atoms with E-state index in [9.17, 15) is 4.57 Å². The van der Waals surface area contributed by atoms with Gasteiger partial charge in [-0.15, -0.1) is 0 Å². The van der Waals surface area contributed by atoms with E-state index in [1.165, 1.54) is 0 Å². The van der Waals surface area contributed by atoms with Crippen LogP contribution in [-0.2, 0) is 30.4 Å². The fourth-order valence-electron chi connectivity index (χ4n) is 0.277. The summed E-state index contributed by atoms with van der Waals surface area (Å²) < 4.78 is 19.6. The van der Waals surface area contributed by atoms with Crippen molar-refractivity contribution in [2.24, 2.45) is 0 Å². The van der Waals surface area contributed by atoms with E-state index in [4.69, 9.17) is 0 Å². The molecule has 0 spiro atoms. The van der Waals surface area contributed by atoms with E-state index >= 15 is 0 Å². The molecule has 0 N–H and O–H groups in total. The van der Waals surface area contributed by atoms with E-state index in [1.54, 1.807) is 13.8 Å². The normalized spacial score (nSPS) is 9.22. The summed E-state index contributed by atoms with van der Waals surface area (Å²) in [6, 6.07) is 0. The van der Waals surface area contributed by atoms with Crippen LogP contribution in [0.5, 0.6) is 0 Å². The largest absolute Gasteiger partial charge is 0.319 e. The van der Waals surface area contributed by atoms with Crippen molar-refractivity contribution in [1.82, 2.24) is 0 Å². The van der Waals surface area contributed by atoms with Gasteiger partial charge in [-0.05, 0) is 13.8 Å². The molecule has 0 amide bonds. The molecule has 0 aromatic heterocycles. The molecule has 9 heavy (non-hydrogen) atoms. The van der Waals surface area contributed by atoms with E-state index in [-0.39, 0.29) is 16.8 Å². The second-order valence-electron chi connectivity index (χ2n) is 1.12. The fraction of sp³-hybridized carbons (Fsp3) is 1.00. The molecule has 0 aliphatic carbocycles. The van der Waals surface area contributed by atoms with Gasteiger partial charge in [0.05, 0.1) is 13.2 Å². The molecule has 1 radical (unpaired) electrons. The maximum atomic E-state index is 10.4. The first-order valence-electron chi connectivity index (χ1n) is 2.60. The van der Waals surface area contributed by atoms with Gasteiger partial charge in [-0.3, -0.25) is 4.57 Å². The predicted octanol–water partition coefficient (Wildman–Crippen LogP) is 1.45. The third-order valence-corrected chi connectivity index (χ3v) is 1.57. The molecule has 0 rings (SSSR count). The Hall–Kier alpha value is 0.656. The van der Waals surface area contributed by atoms with Crippen molar-refractivity contribution >= 4 is 8.25 Å². The molecule has 59 valence electrons. The van der Waals surface area contributed by atoms with E-state index < -0.39 is 8.25 Å². The van der Waals surface area contributed by atoms with Crippen LogP contribution >= 0.6 is 8.25 Å². The number of hydrogen-bond donors (Lipinski definition) is 0. The second-order valence-corrected chi connectivity index (χ2v) is 2.19. The number of hydrogen-bond acceptors (Lipinski definition) is 3.